The van der Waals surface area contributed by atoms with E-state index >= 15 is 0 Å². The molecular formula is C20H19N3O2. The highest BCUT2D eigenvalue weighted by atomic mass is 16.5. The Morgan fingerprint density at radius 1 is 1.16 bits per heavy atom. The van der Waals surface area contributed by atoms with Gasteiger partial charge in [0.1, 0.15) is 11.5 Å². The van der Waals surface area contributed by atoms with E-state index in [1.165, 1.54) is 6.42 Å². The van der Waals surface area contributed by atoms with Crippen molar-refractivity contribution < 1.29 is 9.53 Å². The first-order chi connectivity index (χ1) is 12.2. The van der Waals surface area contributed by atoms with Crippen LogP contribution in [0.5, 0.6) is 11.5 Å². The molecule has 0 radical (unpaired) electrons. The zero-order valence-electron chi connectivity index (χ0n) is 13.7. The van der Waals surface area contributed by atoms with Crippen LogP contribution in [0, 0.1) is 11.3 Å². The maximum absolute atomic E-state index is 12.4. The largest absolute Gasteiger partial charge is 0.457 e. The molecule has 2 N–H and O–H groups in total. The smallest absolute Gasteiger partial charge is 0.251 e. The van der Waals surface area contributed by atoms with Gasteiger partial charge < -0.3 is 15.4 Å². The molecule has 2 aromatic carbocycles. The van der Waals surface area contributed by atoms with E-state index in [0.29, 0.717) is 34.7 Å². The van der Waals surface area contributed by atoms with Crippen LogP contribution in [0.1, 0.15) is 35.2 Å². The van der Waals surface area contributed by atoms with Crippen molar-refractivity contribution >= 4 is 5.91 Å². The summed E-state index contributed by atoms with van der Waals surface area (Å²) in [5.74, 6) is 1.19. The van der Waals surface area contributed by atoms with Crippen molar-refractivity contribution in [1.82, 2.24) is 10.6 Å². The van der Waals surface area contributed by atoms with E-state index in [2.05, 4.69) is 16.7 Å². The van der Waals surface area contributed by atoms with Crippen LogP contribution in [-0.2, 0) is 0 Å². The summed E-state index contributed by atoms with van der Waals surface area (Å²) in [7, 11) is 0. The topological polar surface area (TPSA) is 74.1 Å². The second-order valence-electron chi connectivity index (χ2n) is 6.63. The Morgan fingerprint density at radius 3 is 2.68 bits per heavy atom. The maximum atomic E-state index is 12.4. The molecule has 25 heavy (non-hydrogen) atoms. The van der Waals surface area contributed by atoms with E-state index < -0.39 is 0 Å². The molecule has 0 aliphatic carbocycles. The van der Waals surface area contributed by atoms with Gasteiger partial charge in [0.05, 0.1) is 11.6 Å². The molecule has 2 aliphatic rings. The van der Waals surface area contributed by atoms with Crippen molar-refractivity contribution in [2.45, 2.75) is 37.4 Å². The van der Waals surface area contributed by atoms with E-state index in [1.807, 2.05) is 0 Å². The lowest BCUT2D eigenvalue weighted by Gasteiger charge is -2.21. The Labute approximate surface area is 146 Å². The lowest BCUT2D eigenvalue weighted by atomic mass is 9.95. The molecule has 5 nitrogen and oxygen atoms in total. The summed E-state index contributed by atoms with van der Waals surface area (Å²) < 4.78 is 5.74. The van der Waals surface area contributed by atoms with Gasteiger partial charge in [-0.15, -0.1) is 0 Å². The molecule has 2 fully saturated rings. The zero-order valence-corrected chi connectivity index (χ0v) is 13.7. The first-order valence-corrected chi connectivity index (χ1v) is 8.56. The molecule has 4 rings (SSSR count). The molecule has 3 unspecified atom stereocenters. The fourth-order valence-electron chi connectivity index (χ4n) is 3.67. The number of ether oxygens (including phenoxy) is 1. The van der Waals surface area contributed by atoms with E-state index in [1.54, 1.807) is 48.5 Å². The van der Waals surface area contributed by atoms with Crippen molar-refractivity contribution in [3.8, 4) is 17.6 Å². The molecular weight excluding hydrogens is 314 g/mol. The summed E-state index contributed by atoms with van der Waals surface area (Å²) in [6.07, 6.45) is 3.38. The predicted octanol–water partition coefficient (Wildman–Crippen LogP) is 2.97. The van der Waals surface area contributed by atoms with Crippen molar-refractivity contribution in [2.75, 3.05) is 0 Å². The highest BCUT2D eigenvalue weighted by Gasteiger charge is 2.39. The van der Waals surface area contributed by atoms with Gasteiger partial charge in [0, 0.05) is 23.7 Å². The molecule has 2 heterocycles. The van der Waals surface area contributed by atoms with E-state index in [9.17, 15) is 4.79 Å². The number of nitriles is 1. The van der Waals surface area contributed by atoms with Gasteiger partial charge >= 0.3 is 0 Å². The number of nitrogens with one attached hydrogen (secondary N) is 2. The number of nitrogens with zero attached hydrogens (tertiary/aromatic N) is 1. The predicted molar refractivity (Wildman–Crippen MR) is 93.5 cm³/mol. The summed E-state index contributed by atoms with van der Waals surface area (Å²) in [6.45, 7) is 0. The highest BCUT2D eigenvalue weighted by molar-refractivity contribution is 5.94. The molecule has 5 heteroatoms. The average molecular weight is 333 g/mol. The van der Waals surface area contributed by atoms with Gasteiger partial charge in [-0.25, -0.2) is 0 Å². The first-order valence-electron chi connectivity index (χ1n) is 8.56. The van der Waals surface area contributed by atoms with Crippen LogP contribution in [-0.4, -0.2) is 24.0 Å². The number of hydrogen-bond donors (Lipinski definition) is 2. The molecule has 1 amide bonds. The lowest BCUT2D eigenvalue weighted by molar-refractivity contribution is 0.0931. The monoisotopic (exact) mass is 333 g/mol. The minimum Gasteiger partial charge on any atom is -0.457 e. The Bertz CT molecular complexity index is 826. The summed E-state index contributed by atoms with van der Waals surface area (Å²) in [5.41, 5.74) is 1.17. The zero-order chi connectivity index (χ0) is 17.2. The average Bonchev–Trinajstić information content (AvgIpc) is 3.25. The third-order valence-electron chi connectivity index (χ3n) is 4.93. The van der Waals surface area contributed by atoms with Crippen LogP contribution in [0.3, 0.4) is 0 Å². The molecule has 0 saturated carbocycles. The van der Waals surface area contributed by atoms with Crippen molar-refractivity contribution in [1.29, 1.82) is 5.26 Å². The van der Waals surface area contributed by atoms with Crippen LogP contribution >= 0.6 is 0 Å². The fourth-order valence-corrected chi connectivity index (χ4v) is 3.67. The van der Waals surface area contributed by atoms with Gasteiger partial charge in [0.15, 0.2) is 0 Å². The van der Waals surface area contributed by atoms with Gasteiger partial charge in [0.2, 0.25) is 0 Å². The summed E-state index contributed by atoms with van der Waals surface area (Å²) >= 11 is 0. The van der Waals surface area contributed by atoms with Crippen molar-refractivity contribution in [2.24, 2.45) is 0 Å². The van der Waals surface area contributed by atoms with Gasteiger partial charge in [-0.05, 0) is 61.7 Å². The second kappa shape index (κ2) is 6.58. The molecule has 0 spiro atoms. The van der Waals surface area contributed by atoms with Crippen LogP contribution in [0.4, 0.5) is 0 Å². The Hall–Kier alpha value is -2.84. The number of rotatable bonds is 4. The summed E-state index contributed by atoms with van der Waals surface area (Å²) in [5, 5.41) is 15.6. The van der Waals surface area contributed by atoms with E-state index in [-0.39, 0.29) is 11.9 Å². The minimum atomic E-state index is -0.0441. The molecule has 2 aliphatic heterocycles. The molecule has 126 valence electrons. The van der Waals surface area contributed by atoms with Crippen LogP contribution in [0.15, 0.2) is 48.5 Å². The van der Waals surface area contributed by atoms with Crippen LogP contribution in [0.25, 0.3) is 0 Å². The number of benzene rings is 2. The summed E-state index contributed by atoms with van der Waals surface area (Å²) in [6, 6.07) is 17.4. The molecule has 2 aromatic rings. The SMILES string of the molecule is N#Cc1cccc(Oc2ccc(C(=O)NC3CC4CCC3N4)cc2)c1. The van der Waals surface area contributed by atoms with Crippen LogP contribution < -0.4 is 15.4 Å². The van der Waals surface area contributed by atoms with E-state index in [4.69, 9.17) is 10.00 Å². The fraction of sp³-hybridized carbons (Fsp3) is 0.300. The third-order valence-corrected chi connectivity index (χ3v) is 4.93. The quantitative estimate of drug-likeness (QED) is 0.902. The summed E-state index contributed by atoms with van der Waals surface area (Å²) in [4.78, 5) is 12.4. The highest BCUT2D eigenvalue weighted by Crippen LogP contribution is 2.28. The molecule has 0 aromatic heterocycles. The van der Waals surface area contributed by atoms with Gasteiger partial charge in [-0.2, -0.15) is 5.26 Å². The van der Waals surface area contributed by atoms with Gasteiger partial charge in [-0.3, -0.25) is 4.79 Å². The second-order valence-corrected chi connectivity index (χ2v) is 6.63. The van der Waals surface area contributed by atoms with Crippen LogP contribution in [0.2, 0.25) is 0 Å². The van der Waals surface area contributed by atoms with Gasteiger partial charge in [0.25, 0.3) is 5.91 Å². The molecule has 2 saturated heterocycles. The molecule has 3 atom stereocenters. The number of carbonyl (C=O) groups excluding carboxylic acids is 1. The normalized spacial score (nSPS) is 23.9. The third kappa shape index (κ3) is 3.35. The maximum Gasteiger partial charge on any atom is 0.251 e. The number of amides is 1. The van der Waals surface area contributed by atoms with E-state index in [0.717, 1.165) is 12.8 Å². The Kier molecular flexibility index (Phi) is 4.12. The first kappa shape index (κ1) is 15.7. The molecule has 2 bridgehead atoms. The number of fused-ring (bicyclic) bond motifs is 2. The van der Waals surface area contributed by atoms with Crippen molar-refractivity contribution in [3.05, 3.63) is 59.7 Å². The standard InChI is InChI=1S/C20H19N3O2/c21-12-13-2-1-3-17(10-13)25-16-7-4-14(5-8-16)20(24)23-19-11-15-6-9-18(19)22-15/h1-5,7-8,10,15,18-19,22H,6,9,11H2,(H,23,24). The van der Waals surface area contributed by atoms with Crippen molar-refractivity contribution in [3.63, 3.8) is 0 Å². The number of hydrogen-bond acceptors (Lipinski definition) is 4. The Balaban J connectivity index is 1.39. The Morgan fingerprint density at radius 2 is 2.00 bits per heavy atom. The lowest BCUT2D eigenvalue weighted by Crippen LogP contribution is -2.42. The minimum absolute atomic E-state index is 0.0441. The number of carbonyl (C=O) groups is 1. The van der Waals surface area contributed by atoms with Gasteiger partial charge in [-0.1, -0.05) is 6.07 Å².